The van der Waals surface area contributed by atoms with Crippen LogP contribution in [0.3, 0.4) is 0 Å². The molecule has 0 heterocycles. The maximum absolute atomic E-state index is 11.0. The molecule has 0 bridgehead atoms. The molecule has 4 heteroatoms. The summed E-state index contributed by atoms with van der Waals surface area (Å²) >= 11 is 0. The highest BCUT2D eigenvalue weighted by molar-refractivity contribution is 6.12. The van der Waals surface area contributed by atoms with Gasteiger partial charge in [-0.25, -0.2) is 0 Å². The third-order valence-corrected chi connectivity index (χ3v) is 3.53. The first-order valence-corrected chi connectivity index (χ1v) is 7.99. The first kappa shape index (κ1) is 17.5. The van der Waals surface area contributed by atoms with Gasteiger partial charge in [-0.3, -0.25) is 10.2 Å². The first-order valence-electron chi connectivity index (χ1n) is 7.99. The predicted molar refractivity (Wildman–Crippen MR) is 96.8 cm³/mol. The quantitative estimate of drug-likeness (QED) is 0.421. The van der Waals surface area contributed by atoms with E-state index >= 15 is 0 Å². The smallest absolute Gasteiger partial charge is 0.243 e. The largest absolute Gasteiger partial charge is 0.493 e. The summed E-state index contributed by atoms with van der Waals surface area (Å²) in [4.78, 5) is 11.0. The third-order valence-electron chi connectivity index (χ3n) is 3.53. The van der Waals surface area contributed by atoms with Gasteiger partial charge in [-0.2, -0.15) is 0 Å². The van der Waals surface area contributed by atoms with E-state index in [0.29, 0.717) is 24.6 Å². The lowest BCUT2D eigenvalue weighted by atomic mass is 10.0. The zero-order valence-electron chi connectivity index (χ0n) is 13.6. The van der Waals surface area contributed by atoms with Gasteiger partial charge in [0.05, 0.1) is 12.3 Å². The molecule has 0 radical (unpaired) electrons. The minimum atomic E-state index is -0.155. The number of para-hydroxylation sites is 1. The van der Waals surface area contributed by atoms with E-state index in [1.807, 2.05) is 54.6 Å². The lowest BCUT2D eigenvalue weighted by molar-refractivity contribution is -0.116. The molecule has 0 saturated carbocycles. The van der Waals surface area contributed by atoms with Crippen molar-refractivity contribution in [1.82, 2.24) is 5.32 Å². The van der Waals surface area contributed by atoms with E-state index in [9.17, 15) is 4.79 Å². The van der Waals surface area contributed by atoms with E-state index in [2.05, 4.69) is 11.9 Å². The number of unbranched alkanes of at least 4 members (excludes halogenated alkanes) is 1. The summed E-state index contributed by atoms with van der Waals surface area (Å²) in [5, 5.41) is 11.1. The molecule has 4 nitrogen and oxygen atoms in total. The minimum absolute atomic E-state index is 0.155. The monoisotopic (exact) mass is 322 g/mol. The second-order valence-electron chi connectivity index (χ2n) is 5.29. The number of carbonyl (C=O) groups excluding carboxylic acids is 1. The van der Waals surface area contributed by atoms with E-state index in [0.717, 1.165) is 24.0 Å². The van der Waals surface area contributed by atoms with Gasteiger partial charge >= 0.3 is 0 Å². The first-order chi connectivity index (χ1) is 11.7. The van der Waals surface area contributed by atoms with Crippen molar-refractivity contribution in [1.29, 1.82) is 5.41 Å². The van der Waals surface area contributed by atoms with Crippen LogP contribution in [0.15, 0.2) is 67.3 Å². The van der Waals surface area contributed by atoms with Crippen LogP contribution in [0.1, 0.15) is 24.0 Å². The molecule has 0 saturated heterocycles. The second-order valence-corrected chi connectivity index (χ2v) is 5.29. The van der Waals surface area contributed by atoms with Crippen molar-refractivity contribution in [2.75, 3.05) is 13.2 Å². The van der Waals surface area contributed by atoms with Crippen molar-refractivity contribution < 1.29 is 9.53 Å². The predicted octanol–water partition coefficient (Wildman–Crippen LogP) is 3.56. The van der Waals surface area contributed by atoms with Crippen molar-refractivity contribution in [3.05, 3.63) is 78.4 Å². The molecule has 2 N–H and O–H groups in total. The van der Waals surface area contributed by atoms with Gasteiger partial charge in [0.1, 0.15) is 5.75 Å². The minimum Gasteiger partial charge on any atom is -0.493 e. The lowest BCUT2D eigenvalue weighted by Crippen LogP contribution is -2.22. The average Bonchev–Trinajstić information content (AvgIpc) is 2.64. The molecule has 0 aliphatic carbocycles. The summed E-state index contributed by atoms with van der Waals surface area (Å²) in [7, 11) is 0. The molecule has 24 heavy (non-hydrogen) atoms. The van der Waals surface area contributed by atoms with E-state index < -0.39 is 0 Å². The Hall–Kier alpha value is -2.88. The van der Waals surface area contributed by atoms with Crippen LogP contribution in [0.25, 0.3) is 0 Å². The van der Waals surface area contributed by atoms with Crippen molar-refractivity contribution in [2.24, 2.45) is 0 Å². The van der Waals surface area contributed by atoms with E-state index in [1.54, 1.807) is 0 Å². The Labute approximate surface area is 142 Å². The molecule has 0 aliphatic heterocycles. The number of amides is 1. The summed E-state index contributed by atoms with van der Waals surface area (Å²) < 4.78 is 5.84. The van der Waals surface area contributed by atoms with Crippen molar-refractivity contribution in [3.63, 3.8) is 0 Å². The van der Waals surface area contributed by atoms with Crippen LogP contribution >= 0.6 is 0 Å². The maximum atomic E-state index is 11.0. The SMILES string of the molecule is C=CC(=O)NCCCCOc1ccccc1C(=N)c1ccccc1. The molecule has 1 amide bonds. The zero-order valence-corrected chi connectivity index (χ0v) is 13.6. The number of hydrogen-bond donors (Lipinski definition) is 2. The Morgan fingerprint density at radius 3 is 2.54 bits per heavy atom. The highest BCUT2D eigenvalue weighted by Gasteiger charge is 2.10. The fourth-order valence-electron chi connectivity index (χ4n) is 2.25. The van der Waals surface area contributed by atoms with Crippen LogP contribution in [-0.4, -0.2) is 24.8 Å². The van der Waals surface area contributed by atoms with Gasteiger partial charge in [-0.15, -0.1) is 0 Å². The summed E-state index contributed by atoms with van der Waals surface area (Å²) in [5.74, 6) is 0.555. The van der Waals surface area contributed by atoms with Gasteiger partial charge in [0, 0.05) is 17.7 Å². The fourth-order valence-corrected chi connectivity index (χ4v) is 2.25. The number of benzene rings is 2. The number of hydrogen-bond acceptors (Lipinski definition) is 3. The lowest BCUT2D eigenvalue weighted by Gasteiger charge is -2.12. The highest BCUT2D eigenvalue weighted by atomic mass is 16.5. The van der Waals surface area contributed by atoms with Gasteiger partial charge in [0.15, 0.2) is 0 Å². The summed E-state index contributed by atoms with van der Waals surface area (Å²) in [6.45, 7) is 4.56. The van der Waals surface area contributed by atoms with Crippen LogP contribution in [0.5, 0.6) is 5.75 Å². The molecular formula is C20H22N2O2. The number of rotatable bonds is 9. The summed E-state index contributed by atoms with van der Waals surface area (Å²) in [6.07, 6.45) is 2.92. The van der Waals surface area contributed by atoms with Gasteiger partial charge in [-0.05, 0) is 31.1 Å². The average molecular weight is 322 g/mol. The molecule has 0 aliphatic rings. The van der Waals surface area contributed by atoms with E-state index in [1.165, 1.54) is 6.08 Å². The van der Waals surface area contributed by atoms with E-state index in [-0.39, 0.29) is 5.91 Å². The summed E-state index contributed by atoms with van der Waals surface area (Å²) in [5.41, 5.74) is 2.09. The van der Waals surface area contributed by atoms with Gasteiger partial charge in [0.2, 0.25) is 5.91 Å². The Bertz CT molecular complexity index is 696. The Balaban J connectivity index is 1.89. The number of carbonyl (C=O) groups is 1. The molecular weight excluding hydrogens is 300 g/mol. The number of ether oxygens (including phenoxy) is 1. The van der Waals surface area contributed by atoms with Crippen LogP contribution in [0.2, 0.25) is 0 Å². The molecule has 0 atom stereocenters. The molecule has 124 valence electrons. The van der Waals surface area contributed by atoms with Crippen LogP contribution in [-0.2, 0) is 4.79 Å². The van der Waals surface area contributed by atoms with Gasteiger partial charge in [-0.1, -0.05) is 49.0 Å². The van der Waals surface area contributed by atoms with Crippen LogP contribution < -0.4 is 10.1 Å². The molecule has 0 unspecified atom stereocenters. The topological polar surface area (TPSA) is 62.2 Å². The normalized spacial score (nSPS) is 10.0. The van der Waals surface area contributed by atoms with Crippen molar-refractivity contribution in [2.45, 2.75) is 12.8 Å². The van der Waals surface area contributed by atoms with E-state index in [4.69, 9.17) is 10.1 Å². The van der Waals surface area contributed by atoms with Gasteiger partial charge < -0.3 is 10.1 Å². The van der Waals surface area contributed by atoms with Crippen LogP contribution in [0, 0.1) is 5.41 Å². The molecule has 0 spiro atoms. The molecule has 2 aromatic rings. The van der Waals surface area contributed by atoms with Crippen LogP contribution in [0.4, 0.5) is 0 Å². The maximum Gasteiger partial charge on any atom is 0.243 e. The van der Waals surface area contributed by atoms with Crippen molar-refractivity contribution >= 4 is 11.6 Å². The number of nitrogens with one attached hydrogen (secondary N) is 2. The third kappa shape index (κ3) is 5.09. The van der Waals surface area contributed by atoms with Gasteiger partial charge in [0.25, 0.3) is 0 Å². The molecule has 2 rings (SSSR count). The molecule has 0 aromatic heterocycles. The second kappa shape index (κ2) is 9.30. The fraction of sp³-hybridized carbons (Fsp3) is 0.200. The Morgan fingerprint density at radius 2 is 1.79 bits per heavy atom. The Morgan fingerprint density at radius 1 is 1.08 bits per heavy atom. The highest BCUT2D eigenvalue weighted by Crippen LogP contribution is 2.21. The molecule has 2 aromatic carbocycles. The molecule has 0 fully saturated rings. The summed E-state index contributed by atoms with van der Waals surface area (Å²) in [6, 6.07) is 17.2. The Kier molecular flexibility index (Phi) is 6.77. The zero-order chi connectivity index (χ0) is 17.2. The standard InChI is InChI=1S/C20H22N2O2/c1-2-19(23)22-14-8-9-15-24-18-13-7-6-12-17(18)20(21)16-10-4-3-5-11-16/h2-7,10-13,21H,1,8-9,14-15H2,(H,22,23). The van der Waals surface area contributed by atoms with Crippen molar-refractivity contribution in [3.8, 4) is 5.75 Å².